The molecule has 0 amide bonds. The molecule has 0 aliphatic rings. The first-order valence-corrected chi connectivity index (χ1v) is 3.14. The van der Waals surface area contributed by atoms with Crippen LogP contribution in [0.5, 0.6) is 0 Å². The van der Waals surface area contributed by atoms with E-state index in [9.17, 15) is 4.79 Å². The van der Waals surface area contributed by atoms with Gasteiger partial charge >= 0.3 is 35.5 Å². The molecule has 3 N–H and O–H groups in total. The molecule has 4 nitrogen and oxygen atoms in total. The van der Waals surface area contributed by atoms with Crippen LogP contribution in [-0.2, 0) is 4.79 Å². The summed E-state index contributed by atoms with van der Waals surface area (Å²) in [5, 5.41) is 25.2. The molecule has 0 rings (SSSR count). The fourth-order valence-electron chi connectivity index (χ4n) is 0.568. The number of carbonyl (C=O) groups is 1. The Morgan fingerprint density at radius 3 is 2.00 bits per heavy atom. The van der Waals surface area contributed by atoms with Crippen molar-refractivity contribution in [3.8, 4) is 0 Å². The van der Waals surface area contributed by atoms with Crippen molar-refractivity contribution in [2.24, 2.45) is 5.92 Å². The second-order valence-electron chi connectivity index (χ2n) is 2.16. The van der Waals surface area contributed by atoms with Gasteiger partial charge in [-0.3, -0.25) is 4.79 Å². The van der Waals surface area contributed by atoms with Gasteiger partial charge in [-0.05, 0) is 6.42 Å². The van der Waals surface area contributed by atoms with Gasteiger partial charge in [-0.1, -0.05) is 0 Å². The van der Waals surface area contributed by atoms with Gasteiger partial charge in [0.2, 0.25) is 0 Å². The molecule has 0 unspecified atom stereocenters. The van der Waals surface area contributed by atoms with Gasteiger partial charge < -0.3 is 15.3 Å². The molecule has 0 aromatic carbocycles. The molecule has 0 saturated carbocycles. The number of hydrogen-bond donors (Lipinski definition) is 3. The molecular weight excluding hydrogens is 159 g/mol. The third-order valence-corrected chi connectivity index (χ3v) is 1.28. The number of aliphatic hydroxyl groups excluding tert-OH is 2. The number of aliphatic hydroxyl groups is 2. The van der Waals surface area contributed by atoms with Gasteiger partial charge in [-0.2, -0.15) is 0 Å². The van der Waals surface area contributed by atoms with E-state index in [0.29, 0.717) is 6.42 Å². The topological polar surface area (TPSA) is 77.8 Å². The number of carboxylic acid groups (broad SMARTS) is 1. The second kappa shape index (κ2) is 8.49. The first kappa shape index (κ1) is 13.9. The van der Waals surface area contributed by atoms with Crippen molar-refractivity contribution in [1.82, 2.24) is 0 Å². The fourth-order valence-corrected chi connectivity index (χ4v) is 0.568. The van der Waals surface area contributed by atoms with Crippen molar-refractivity contribution < 1.29 is 20.1 Å². The normalized spacial score (nSPS) is 9.36. The molecule has 11 heavy (non-hydrogen) atoms. The Hall–Kier alpha value is 0.390. The van der Waals surface area contributed by atoms with Crippen molar-refractivity contribution in [3.05, 3.63) is 0 Å². The van der Waals surface area contributed by atoms with E-state index < -0.39 is 5.97 Å². The molecule has 0 atom stereocenters. The first-order valence-electron chi connectivity index (χ1n) is 3.14. The molecule has 0 fully saturated rings. The van der Waals surface area contributed by atoms with Crippen molar-refractivity contribution in [2.45, 2.75) is 12.8 Å². The quantitative estimate of drug-likeness (QED) is 0.455. The SMILES string of the molecule is O=C(O)CCC(CO)CO.[NaH]. The van der Waals surface area contributed by atoms with Crippen molar-refractivity contribution in [1.29, 1.82) is 0 Å². The zero-order valence-electron chi connectivity index (χ0n) is 5.66. The average Bonchev–Trinajstić information content (AvgIpc) is 1.90. The predicted molar refractivity (Wildman–Crippen MR) is 41.7 cm³/mol. The molecule has 0 radical (unpaired) electrons. The van der Waals surface area contributed by atoms with Gasteiger partial charge in [0.25, 0.3) is 0 Å². The summed E-state index contributed by atoms with van der Waals surface area (Å²) in [7, 11) is 0. The summed E-state index contributed by atoms with van der Waals surface area (Å²) < 4.78 is 0. The summed E-state index contributed by atoms with van der Waals surface area (Å²) in [5.74, 6) is -1.18. The van der Waals surface area contributed by atoms with E-state index in [4.69, 9.17) is 15.3 Å². The molecule has 0 aromatic rings. The Labute approximate surface area is 87.5 Å². The third kappa shape index (κ3) is 8.29. The van der Waals surface area contributed by atoms with Crippen molar-refractivity contribution in [3.63, 3.8) is 0 Å². The van der Waals surface area contributed by atoms with Crippen LogP contribution in [0.3, 0.4) is 0 Å². The van der Waals surface area contributed by atoms with Crippen LogP contribution >= 0.6 is 0 Å². The third-order valence-electron chi connectivity index (χ3n) is 1.28. The van der Waals surface area contributed by atoms with Crippen LogP contribution in [0, 0.1) is 5.92 Å². The van der Waals surface area contributed by atoms with E-state index in [1.54, 1.807) is 0 Å². The summed E-state index contributed by atoms with van der Waals surface area (Å²) in [6.45, 7) is -0.298. The van der Waals surface area contributed by atoms with Crippen LogP contribution in [0.4, 0.5) is 0 Å². The van der Waals surface area contributed by atoms with Gasteiger partial charge in [-0.15, -0.1) is 0 Å². The van der Waals surface area contributed by atoms with E-state index >= 15 is 0 Å². The summed E-state index contributed by atoms with van der Waals surface area (Å²) in [6, 6.07) is 0. The molecule has 0 bridgehead atoms. The maximum absolute atomic E-state index is 9.97. The molecule has 0 saturated heterocycles. The van der Waals surface area contributed by atoms with Crippen molar-refractivity contribution in [2.75, 3.05) is 13.2 Å². The van der Waals surface area contributed by atoms with Gasteiger partial charge in [0, 0.05) is 25.6 Å². The fraction of sp³-hybridized carbons (Fsp3) is 0.833. The van der Waals surface area contributed by atoms with Gasteiger partial charge in [0.05, 0.1) is 0 Å². The summed E-state index contributed by atoms with van der Waals surface area (Å²) in [6.07, 6.45) is 0.341. The van der Waals surface area contributed by atoms with Crippen LogP contribution < -0.4 is 0 Å². The molecule has 0 aromatic heterocycles. The monoisotopic (exact) mass is 172 g/mol. The van der Waals surface area contributed by atoms with Crippen LogP contribution in [-0.4, -0.2) is 64.1 Å². The van der Waals surface area contributed by atoms with E-state index in [1.165, 1.54) is 0 Å². The Morgan fingerprint density at radius 1 is 1.27 bits per heavy atom. The predicted octanol–water partition coefficient (Wildman–Crippen LogP) is -1.20. The molecule has 5 heteroatoms. The number of hydrogen-bond acceptors (Lipinski definition) is 3. The van der Waals surface area contributed by atoms with Gasteiger partial charge in [0.1, 0.15) is 0 Å². The Kier molecular flexibility index (Phi) is 10.8. The maximum atomic E-state index is 9.97. The van der Waals surface area contributed by atoms with E-state index in [2.05, 4.69) is 0 Å². The van der Waals surface area contributed by atoms with Crippen LogP contribution in [0.15, 0.2) is 0 Å². The molecule has 0 aliphatic carbocycles. The summed E-state index contributed by atoms with van der Waals surface area (Å²) in [5.41, 5.74) is 0. The van der Waals surface area contributed by atoms with Gasteiger partial charge in [-0.25, -0.2) is 0 Å². The molecular formula is C6H13NaO4. The number of aliphatic carboxylic acids is 1. The zero-order chi connectivity index (χ0) is 7.98. The first-order chi connectivity index (χ1) is 4.70. The Balaban J connectivity index is 0. The standard InChI is InChI=1S/C6H12O4.Na.H/c7-3-5(4-8)1-2-6(9)10;;/h5,7-8H,1-4H2,(H,9,10);;. The van der Waals surface area contributed by atoms with Crippen LogP contribution in [0.2, 0.25) is 0 Å². The molecule has 0 aliphatic heterocycles. The van der Waals surface area contributed by atoms with Crippen LogP contribution in [0.25, 0.3) is 0 Å². The van der Waals surface area contributed by atoms with Gasteiger partial charge in [0.15, 0.2) is 0 Å². The number of carboxylic acids is 1. The molecule has 0 heterocycles. The van der Waals surface area contributed by atoms with E-state index in [0.717, 1.165) is 0 Å². The minimum atomic E-state index is -0.896. The van der Waals surface area contributed by atoms with Crippen molar-refractivity contribution >= 4 is 35.5 Å². The van der Waals surface area contributed by atoms with E-state index in [-0.39, 0.29) is 55.1 Å². The number of rotatable bonds is 5. The molecule has 62 valence electrons. The Morgan fingerprint density at radius 2 is 1.73 bits per heavy atom. The van der Waals surface area contributed by atoms with E-state index in [1.807, 2.05) is 0 Å². The summed E-state index contributed by atoms with van der Waals surface area (Å²) >= 11 is 0. The molecule has 0 spiro atoms. The zero-order valence-corrected chi connectivity index (χ0v) is 5.66. The average molecular weight is 172 g/mol. The summed E-state index contributed by atoms with van der Waals surface area (Å²) in [4.78, 5) is 9.97. The second-order valence-corrected chi connectivity index (χ2v) is 2.16. The Bertz CT molecular complexity index is 103. The minimum absolute atomic E-state index is 0. The van der Waals surface area contributed by atoms with Crippen LogP contribution in [0.1, 0.15) is 12.8 Å².